The molecule has 18 heavy (non-hydrogen) atoms. The molecule has 0 aliphatic carbocycles. The highest BCUT2D eigenvalue weighted by Gasteiger charge is 2.33. The van der Waals surface area contributed by atoms with E-state index in [4.69, 9.17) is 0 Å². The van der Waals surface area contributed by atoms with Gasteiger partial charge in [-0.05, 0) is 25.5 Å². The third-order valence-electron chi connectivity index (χ3n) is 2.62. The lowest BCUT2D eigenvalue weighted by Gasteiger charge is -2.21. The molecule has 0 spiro atoms. The van der Waals surface area contributed by atoms with Gasteiger partial charge in [-0.25, -0.2) is 0 Å². The molecule has 104 valence electrons. The number of nitrogens with zero attached hydrogens (tertiary/aromatic N) is 2. The lowest BCUT2D eigenvalue weighted by Crippen LogP contribution is -2.29. The van der Waals surface area contributed by atoms with Crippen LogP contribution >= 0.6 is 0 Å². The van der Waals surface area contributed by atoms with E-state index >= 15 is 0 Å². The summed E-state index contributed by atoms with van der Waals surface area (Å²) in [6.07, 6.45) is -1.82. The third-order valence-corrected chi connectivity index (χ3v) is 2.62. The number of hydrogen-bond donors (Lipinski definition) is 1. The second-order valence-corrected chi connectivity index (χ2v) is 4.31. The highest BCUT2D eigenvalue weighted by atomic mass is 19.4. The van der Waals surface area contributed by atoms with Crippen molar-refractivity contribution < 1.29 is 13.2 Å². The van der Waals surface area contributed by atoms with Gasteiger partial charge in [-0.3, -0.25) is 4.68 Å². The first kappa shape index (κ1) is 15.0. The molecule has 6 heteroatoms. The minimum absolute atomic E-state index is 0.568. The van der Waals surface area contributed by atoms with Gasteiger partial charge in [-0.2, -0.15) is 18.3 Å². The fraction of sp³-hybridized carbons (Fsp3) is 0.750. The smallest absolute Gasteiger partial charge is 0.308 e. The van der Waals surface area contributed by atoms with Crippen LogP contribution in [0, 0.1) is 0 Å². The zero-order valence-electron chi connectivity index (χ0n) is 10.8. The Kier molecular flexibility index (Phi) is 5.65. The van der Waals surface area contributed by atoms with Crippen LogP contribution in [0.1, 0.15) is 44.8 Å². The Morgan fingerprint density at radius 1 is 1.33 bits per heavy atom. The van der Waals surface area contributed by atoms with Crippen LogP contribution in [0.5, 0.6) is 0 Å². The standard InChI is InChI=1S/C12H20F3N3/c1-3-6-16-10(9-12(13,14)15)11-5-7-17-18(11)8-4-2/h5,7,10,16H,3-4,6,8-9H2,1-2H3. The van der Waals surface area contributed by atoms with E-state index in [9.17, 15) is 13.2 Å². The lowest BCUT2D eigenvalue weighted by molar-refractivity contribution is -0.140. The molecular formula is C12H20F3N3. The van der Waals surface area contributed by atoms with E-state index in [1.807, 2.05) is 13.8 Å². The maximum atomic E-state index is 12.6. The average molecular weight is 263 g/mol. The van der Waals surface area contributed by atoms with Gasteiger partial charge >= 0.3 is 6.18 Å². The molecule has 1 rings (SSSR count). The maximum absolute atomic E-state index is 12.6. The topological polar surface area (TPSA) is 29.9 Å². The summed E-state index contributed by atoms with van der Waals surface area (Å²) in [6, 6.07) is 0.952. The van der Waals surface area contributed by atoms with Crippen LogP contribution in [0.3, 0.4) is 0 Å². The van der Waals surface area contributed by atoms with Gasteiger partial charge in [0.1, 0.15) is 0 Å². The molecule has 0 bridgehead atoms. The van der Waals surface area contributed by atoms with Crippen molar-refractivity contribution in [3.8, 4) is 0 Å². The molecule has 1 atom stereocenters. The Labute approximate surface area is 105 Å². The fourth-order valence-electron chi connectivity index (χ4n) is 1.87. The second-order valence-electron chi connectivity index (χ2n) is 4.31. The van der Waals surface area contributed by atoms with Gasteiger partial charge < -0.3 is 5.32 Å². The molecule has 1 unspecified atom stereocenters. The van der Waals surface area contributed by atoms with E-state index in [-0.39, 0.29) is 0 Å². The number of nitrogens with one attached hydrogen (secondary N) is 1. The minimum Gasteiger partial charge on any atom is -0.308 e. The lowest BCUT2D eigenvalue weighted by atomic mass is 10.1. The van der Waals surface area contributed by atoms with Crippen LogP contribution < -0.4 is 5.32 Å². The quantitative estimate of drug-likeness (QED) is 0.818. The Morgan fingerprint density at radius 2 is 2.06 bits per heavy atom. The zero-order chi connectivity index (χ0) is 13.6. The average Bonchev–Trinajstić information content (AvgIpc) is 2.71. The minimum atomic E-state index is -4.17. The number of alkyl halides is 3. The van der Waals surface area contributed by atoms with Crippen LogP contribution in [0.4, 0.5) is 13.2 Å². The molecule has 1 aromatic rings. The van der Waals surface area contributed by atoms with Crippen LogP contribution in [0.15, 0.2) is 12.3 Å². The molecule has 0 aliphatic heterocycles. The molecule has 0 amide bonds. The van der Waals surface area contributed by atoms with Gasteiger partial charge in [0.2, 0.25) is 0 Å². The summed E-state index contributed by atoms with van der Waals surface area (Å²) in [4.78, 5) is 0. The molecule has 0 radical (unpaired) electrons. The first-order chi connectivity index (χ1) is 8.48. The summed E-state index contributed by atoms with van der Waals surface area (Å²) in [6.45, 7) is 5.12. The second kappa shape index (κ2) is 6.78. The number of halogens is 3. The summed E-state index contributed by atoms with van der Waals surface area (Å²) in [7, 11) is 0. The number of aryl methyl sites for hydroxylation is 1. The Morgan fingerprint density at radius 3 is 2.61 bits per heavy atom. The number of hydrogen-bond acceptors (Lipinski definition) is 2. The molecule has 0 saturated heterocycles. The van der Waals surface area contributed by atoms with E-state index in [2.05, 4.69) is 10.4 Å². The van der Waals surface area contributed by atoms with Gasteiger partial charge in [0.15, 0.2) is 0 Å². The maximum Gasteiger partial charge on any atom is 0.390 e. The van der Waals surface area contributed by atoms with Gasteiger partial charge in [-0.1, -0.05) is 13.8 Å². The molecular weight excluding hydrogens is 243 g/mol. The Bertz CT molecular complexity index is 347. The predicted molar refractivity (Wildman–Crippen MR) is 64.2 cm³/mol. The normalized spacial score (nSPS) is 13.8. The highest BCUT2D eigenvalue weighted by molar-refractivity contribution is 5.07. The van der Waals surface area contributed by atoms with Crippen molar-refractivity contribution in [3.05, 3.63) is 18.0 Å². The van der Waals surface area contributed by atoms with Crippen LogP contribution in [-0.2, 0) is 6.54 Å². The summed E-state index contributed by atoms with van der Waals surface area (Å²) in [5.41, 5.74) is 0.614. The molecule has 1 N–H and O–H groups in total. The van der Waals surface area contributed by atoms with Gasteiger partial charge in [0, 0.05) is 12.7 Å². The zero-order valence-corrected chi connectivity index (χ0v) is 10.8. The summed E-state index contributed by atoms with van der Waals surface area (Å²) < 4.78 is 39.4. The van der Waals surface area contributed by atoms with Crippen molar-refractivity contribution in [2.45, 2.75) is 51.9 Å². The summed E-state index contributed by atoms with van der Waals surface area (Å²) in [5, 5.41) is 7.02. The van der Waals surface area contributed by atoms with Crippen molar-refractivity contribution in [2.75, 3.05) is 6.54 Å². The van der Waals surface area contributed by atoms with E-state index in [1.165, 1.54) is 0 Å². The van der Waals surface area contributed by atoms with Crippen molar-refractivity contribution in [1.29, 1.82) is 0 Å². The van der Waals surface area contributed by atoms with Crippen molar-refractivity contribution in [1.82, 2.24) is 15.1 Å². The first-order valence-electron chi connectivity index (χ1n) is 6.29. The summed E-state index contributed by atoms with van der Waals surface area (Å²) >= 11 is 0. The van der Waals surface area contributed by atoms with Gasteiger partial charge in [-0.15, -0.1) is 0 Å². The van der Waals surface area contributed by atoms with Crippen molar-refractivity contribution >= 4 is 0 Å². The van der Waals surface area contributed by atoms with E-state index in [1.54, 1.807) is 16.9 Å². The van der Waals surface area contributed by atoms with E-state index in [0.717, 1.165) is 12.8 Å². The van der Waals surface area contributed by atoms with Crippen molar-refractivity contribution in [2.24, 2.45) is 0 Å². The molecule has 0 aromatic carbocycles. The van der Waals surface area contributed by atoms with E-state index in [0.29, 0.717) is 18.8 Å². The Hall–Kier alpha value is -1.04. The van der Waals surface area contributed by atoms with Gasteiger partial charge in [0.25, 0.3) is 0 Å². The summed E-state index contributed by atoms with van der Waals surface area (Å²) in [5.74, 6) is 0. The van der Waals surface area contributed by atoms with Crippen LogP contribution in [-0.4, -0.2) is 22.5 Å². The third kappa shape index (κ3) is 4.68. The number of rotatable bonds is 7. The van der Waals surface area contributed by atoms with E-state index < -0.39 is 18.6 Å². The number of aromatic nitrogens is 2. The molecule has 1 heterocycles. The largest absolute Gasteiger partial charge is 0.390 e. The molecule has 0 saturated carbocycles. The SMILES string of the molecule is CCCNC(CC(F)(F)F)c1ccnn1CCC. The molecule has 0 aliphatic rings. The first-order valence-corrected chi connectivity index (χ1v) is 6.29. The highest BCUT2D eigenvalue weighted by Crippen LogP contribution is 2.29. The van der Waals surface area contributed by atoms with Crippen LogP contribution in [0.2, 0.25) is 0 Å². The molecule has 1 aromatic heterocycles. The van der Waals surface area contributed by atoms with Crippen LogP contribution in [0.25, 0.3) is 0 Å². The monoisotopic (exact) mass is 263 g/mol. The Balaban J connectivity index is 2.83. The van der Waals surface area contributed by atoms with Gasteiger partial charge in [0.05, 0.1) is 18.2 Å². The van der Waals surface area contributed by atoms with Crippen molar-refractivity contribution in [3.63, 3.8) is 0 Å². The fourth-order valence-corrected chi connectivity index (χ4v) is 1.87. The predicted octanol–water partition coefficient (Wildman–Crippen LogP) is 3.29. The molecule has 0 fully saturated rings. The molecule has 3 nitrogen and oxygen atoms in total.